The van der Waals surface area contributed by atoms with Crippen LogP contribution in [0.4, 0.5) is 0 Å². The lowest BCUT2D eigenvalue weighted by Crippen LogP contribution is -2.48. The van der Waals surface area contributed by atoms with Crippen molar-refractivity contribution in [2.24, 2.45) is 5.73 Å². The van der Waals surface area contributed by atoms with Gasteiger partial charge in [0.25, 0.3) is 0 Å². The van der Waals surface area contributed by atoms with Crippen molar-refractivity contribution in [1.82, 2.24) is 0 Å². The molecule has 0 spiro atoms. The van der Waals surface area contributed by atoms with Crippen LogP contribution in [0, 0.1) is 11.3 Å². The standard InChI is InChI=1S/C19H31N2O6P/c1-2-3-4-5-6-11-26-18-8-7-16(12-17(18)13-20)9-10-19(21,14-22)15-27-28(23,24)25/h7-8,12,22H,2-6,9-11,14-15,21H2,1H3,(H2,23,24,25). The van der Waals surface area contributed by atoms with E-state index in [1.165, 1.54) is 19.3 Å². The van der Waals surface area contributed by atoms with Gasteiger partial charge in [-0.15, -0.1) is 0 Å². The van der Waals surface area contributed by atoms with E-state index in [-0.39, 0.29) is 6.42 Å². The molecule has 0 bridgehead atoms. The Hall–Kier alpha value is -1.46. The maximum atomic E-state index is 10.8. The van der Waals surface area contributed by atoms with Crippen molar-refractivity contribution < 1.29 is 28.7 Å². The second-order valence-electron chi connectivity index (χ2n) is 6.99. The summed E-state index contributed by atoms with van der Waals surface area (Å²) in [5.74, 6) is 0.535. The summed E-state index contributed by atoms with van der Waals surface area (Å²) in [5.41, 5.74) is 5.90. The van der Waals surface area contributed by atoms with Crippen LogP contribution in [0.3, 0.4) is 0 Å². The zero-order valence-corrected chi connectivity index (χ0v) is 17.2. The number of hydrogen-bond acceptors (Lipinski definition) is 6. The van der Waals surface area contributed by atoms with Gasteiger partial charge in [0.15, 0.2) is 0 Å². The van der Waals surface area contributed by atoms with Gasteiger partial charge in [-0.2, -0.15) is 5.26 Å². The quantitative estimate of drug-likeness (QED) is 0.268. The molecule has 0 radical (unpaired) electrons. The summed E-state index contributed by atoms with van der Waals surface area (Å²) in [7, 11) is -4.66. The van der Waals surface area contributed by atoms with Crippen LogP contribution in [-0.2, 0) is 15.5 Å². The molecule has 1 aromatic rings. The third-order valence-corrected chi connectivity index (χ3v) is 4.88. The minimum atomic E-state index is -4.66. The highest BCUT2D eigenvalue weighted by molar-refractivity contribution is 7.46. The Balaban J connectivity index is 2.60. The largest absolute Gasteiger partial charge is 0.492 e. The summed E-state index contributed by atoms with van der Waals surface area (Å²) in [6, 6.07) is 7.38. The normalized spacial score (nSPS) is 13.7. The minimum Gasteiger partial charge on any atom is -0.492 e. The average Bonchev–Trinajstić information content (AvgIpc) is 2.67. The van der Waals surface area contributed by atoms with Gasteiger partial charge in [0.05, 0.1) is 30.9 Å². The van der Waals surface area contributed by atoms with E-state index in [2.05, 4.69) is 17.5 Å². The molecule has 0 aliphatic rings. The minimum absolute atomic E-state index is 0.228. The first-order chi connectivity index (χ1) is 13.2. The van der Waals surface area contributed by atoms with E-state index < -0.39 is 26.6 Å². The molecule has 0 saturated heterocycles. The van der Waals surface area contributed by atoms with Gasteiger partial charge < -0.3 is 25.4 Å². The molecule has 1 aromatic carbocycles. The van der Waals surface area contributed by atoms with Gasteiger partial charge in [-0.1, -0.05) is 38.7 Å². The SMILES string of the molecule is CCCCCCCOc1ccc(CCC(N)(CO)COP(=O)(O)O)cc1C#N. The Morgan fingerprint density at radius 3 is 2.57 bits per heavy atom. The van der Waals surface area contributed by atoms with E-state index in [1.807, 2.05) is 6.07 Å². The maximum absolute atomic E-state index is 10.8. The van der Waals surface area contributed by atoms with Gasteiger partial charge in [0.2, 0.25) is 0 Å². The molecule has 5 N–H and O–H groups in total. The van der Waals surface area contributed by atoms with Crippen LogP contribution >= 0.6 is 7.82 Å². The lowest BCUT2D eigenvalue weighted by Gasteiger charge is -2.27. The van der Waals surface area contributed by atoms with Crippen molar-refractivity contribution in [2.45, 2.75) is 57.4 Å². The Morgan fingerprint density at radius 1 is 1.25 bits per heavy atom. The number of nitrogens with zero attached hydrogens (tertiary/aromatic N) is 1. The lowest BCUT2D eigenvalue weighted by molar-refractivity contribution is 0.102. The molecule has 28 heavy (non-hydrogen) atoms. The molecule has 1 unspecified atom stereocenters. The molecule has 0 fully saturated rings. The lowest BCUT2D eigenvalue weighted by atomic mass is 9.93. The Labute approximate surface area is 166 Å². The fourth-order valence-electron chi connectivity index (χ4n) is 2.64. The van der Waals surface area contributed by atoms with Gasteiger partial charge in [0.1, 0.15) is 11.8 Å². The van der Waals surface area contributed by atoms with Crippen molar-refractivity contribution >= 4 is 7.82 Å². The van der Waals surface area contributed by atoms with Crippen LogP contribution < -0.4 is 10.5 Å². The Kier molecular flexibility index (Phi) is 10.7. The van der Waals surface area contributed by atoms with E-state index in [0.29, 0.717) is 24.3 Å². The Bertz CT molecular complexity index is 687. The number of aliphatic hydroxyl groups excluding tert-OH is 1. The second kappa shape index (κ2) is 12.2. The summed E-state index contributed by atoms with van der Waals surface area (Å²) in [6.45, 7) is 1.76. The van der Waals surface area contributed by atoms with Crippen molar-refractivity contribution in [3.8, 4) is 11.8 Å². The van der Waals surface area contributed by atoms with Crippen LogP contribution in [0.25, 0.3) is 0 Å². The number of hydrogen-bond donors (Lipinski definition) is 4. The third-order valence-electron chi connectivity index (χ3n) is 4.42. The van der Waals surface area contributed by atoms with Crippen molar-refractivity contribution in [3.63, 3.8) is 0 Å². The average molecular weight is 414 g/mol. The maximum Gasteiger partial charge on any atom is 0.469 e. The molecular formula is C19H31N2O6P. The fraction of sp³-hybridized carbons (Fsp3) is 0.632. The highest BCUT2D eigenvalue weighted by Gasteiger charge is 2.28. The summed E-state index contributed by atoms with van der Waals surface area (Å²) in [5, 5.41) is 18.8. The number of aryl methyl sites for hydroxylation is 1. The summed E-state index contributed by atoms with van der Waals surface area (Å²) >= 11 is 0. The summed E-state index contributed by atoms with van der Waals surface area (Å²) < 4.78 is 21.0. The Morgan fingerprint density at radius 2 is 1.96 bits per heavy atom. The molecule has 0 heterocycles. The highest BCUT2D eigenvalue weighted by atomic mass is 31.2. The van der Waals surface area contributed by atoms with Crippen LogP contribution in [0.2, 0.25) is 0 Å². The number of nitrogens with two attached hydrogens (primary N) is 1. The molecule has 158 valence electrons. The van der Waals surface area contributed by atoms with E-state index in [4.69, 9.17) is 20.3 Å². The molecule has 0 aromatic heterocycles. The van der Waals surface area contributed by atoms with Crippen LogP contribution in [0.15, 0.2) is 18.2 Å². The number of nitriles is 1. The number of unbranched alkanes of at least 4 members (excludes halogenated alkanes) is 4. The number of phosphoric ester groups is 1. The zero-order chi connectivity index (χ0) is 21.0. The smallest absolute Gasteiger partial charge is 0.469 e. The van der Waals surface area contributed by atoms with Crippen LogP contribution in [0.5, 0.6) is 5.75 Å². The topological polar surface area (TPSA) is 146 Å². The first-order valence-electron chi connectivity index (χ1n) is 9.48. The van der Waals surface area contributed by atoms with Crippen molar-refractivity contribution in [2.75, 3.05) is 19.8 Å². The molecular weight excluding hydrogens is 383 g/mol. The van der Waals surface area contributed by atoms with E-state index in [0.717, 1.165) is 18.4 Å². The van der Waals surface area contributed by atoms with Gasteiger partial charge in [-0.25, -0.2) is 4.57 Å². The molecule has 8 nitrogen and oxygen atoms in total. The first-order valence-corrected chi connectivity index (χ1v) is 11.0. The van der Waals surface area contributed by atoms with Gasteiger partial charge in [0, 0.05) is 0 Å². The highest BCUT2D eigenvalue weighted by Crippen LogP contribution is 2.37. The molecule has 0 amide bonds. The van der Waals surface area contributed by atoms with E-state index >= 15 is 0 Å². The third kappa shape index (κ3) is 9.65. The predicted octanol–water partition coefficient (Wildman–Crippen LogP) is 2.64. The van der Waals surface area contributed by atoms with Gasteiger partial charge in [-0.05, 0) is 37.0 Å². The zero-order valence-electron chi connectivity index (χ0n) is 16.3. The number of phosphoric acid groups is 1. The van der Waals surface area contributed by atoms with Crippen molar-refractivity contribution in [3.05, 3.63) is 29.3 Å². The molecule has 0 saturated carbocycles. The first kappa shape index (κ1) is 24.6. The molecule has 9 heteroatoms. The molecule has 0 aliphatic carbocycles. The van der Waals surface area contributed by atoms with E-state index in [9.17, 15) is 14.9 Å². The van der Waals surface area contributed by atoms with Crippen molar-refractivity contribution in [1.29, 1.82) is 5.26 Å². The van der Waals surface area contributed by atoms with Crippen LogP contribution in [-0.4, -0.2) is 40.3 Å². The second-order valence-corrected chi connectivity index (χ2v) is 8.23. The number of rotatable bonds is 14. The van der Waals surface area contributed by atoms with Crippen LogP contribution in [0.1, 0.15) is 56.6 Å². The number of aliphatic hydroxyl groups is 1. The van der Waals surface area contributed by atoms with Gasteiger partial charge >= 0.3 is 7.82 Å². The molecule has 1 rings (SSSR count). The van der Waals surface area contributed by atoms with E-state index in [1.54, 1.807) is 12.1 Å². The monoisotopic (exact) mass is 414 g/mol. The summed E-state index contributed by atoms with van der Waals surface area (Å²) in [4.78, 5) is 17.6. The molecule has 1 atom stereocenters. The van der Waals surface area contributed by atoms with Gasteiger partial charge in [-0.3, -0.25) is 4.52 Å². The summed E-state index contributed by atoms with van der Waals surface area (Å²) in [6.07, 6.45) is 6.27. The molecule has 0 aliphatic heterocycles. The number of benzene rings is 1. The predicted molar refractivity (Wildman–Crippen MR) is 106 cm³/mol. The number of ether oxygens (including phenoxy) is 1. The fourth-order valence-corrected chi connectivity index (χ4v) is 3.06.